The molecule has 3 aromatic carbocycles. The molecule has 7 rings (SSSR count). The van der Waals surface area contributed by atoms with E-state index in [1.807, 2.05) is 48.0 Å². The maximum absolute atomic E-state index is 11.6. The van der Waals surface area contributed by atoms with Crippen LogP contribution in [-0.2, 0) is 13.7 Å². The van der Waals surface area contributed by atoms with E-state index in [0.29, 0.717) is 43.6 Å². The quantitative estimate of drug-likeness (QED) is 0.187. The minimum atomic E-state index is -0.922. The summed E-state index contributed by atoms with van der Waals surface area (Å²) in [5.41, 5.74) is 5.44. The molecule has 3 heterocycles. The van der Waals surface area contributed by atoms with E-state index in [9.17, 15) is 9.90 Å². The van der Waals surface area contributed by atoms with Gasteiger partial charge in [-0.2, -0.15) is 0 Å². The van der Waals surface area contributed by atoms with Crippen LogP contribution in [0.3, 0.4) is 0 Å². The summed E-state index contributed by atoms with van der Waals surface area (Å²) >= 11 is 19.7. The number of hydrogen-bond donors (Lipinski definition) is 1. The van der Waals surface area contributed by atoms with Crippen LogP contribution in [0.25, 0.3) is 22.2 Å². The molecule has 42 heavy (non-hydrogen) atoms. The van der Waals surface area contributed by atoms with Crippen molar-refractivity contribution in [1.82, 2.24) is 9.72 Å². The van der Waals surface area contributed by atoms with E-state index < -0.39 is 5.97 Å². The standard InChI is InChI=1S/C32H26Cl3N3O4/c1-37-15-23(32(39)40)22-9-7-19(11-28(22)37)38-13-18(14-38)21-10-8-20(12-27(21)35)41-16-24-30(36-42-31(24)17-5-6-17)29-25(33)3-2-4-26(29)34/h2-4,7-12,15,17-18H,5-6,13-14,16H2,1H3,(H,39,40). The average molecular weight is 623 g/mol. The van der Waals surface area contributed by atoms with E-state index in [1.54, 1.807) is 24.4 Å². The van der Waals surface area contributed by atoms with Gasteiger partial charge in [0.25, 0.3) is 0 Å². The SMILES string of the molecule is Cn1cc(C(=O)O)c2ccc(N3CC(c4ccc(OCc5c(-c6c(Cl)cccc6Cl)noc5C5CC5)cc4Cl)C3)cc21. The molecular formula is C32H26Cl3N3O4. The number of halogens is 3. The van der Waals surface area contributed by atoms with Crippen molar-refractivity contribution < 1.29 is 19.2 Å². The van der Waals surface area contributed by atoms with E-state index in [2.05, 4.69) is 10.1 Å². The van der Waals surface area contributed by atoms with Crippen LogP contribution in [0.5, 0.6) is 5.75 Å². The summed E-state index contributed by atoms with van der Waals surface area (Å²) in [5.74, 6) is 1.17. The molecule has 0 unspecified atom stereocenters. The molecule has 2 aliphatic rings. The van der Waals surface area contributed by atoms with E-state index >= 15 is 0 Å². The summed E-state index contributed by atoms with van der Waals surface area (Å²) in [6.45, 7) is 1.88. The van der Waals surface area contributed by atoms with Crippen molar-refractivity contribution in [3.8, 4) is 17.0 Å². The zero-order valence-corrected chi connectivity index (χ0v) is 24.9. The van der Waals surface area contributed by atoms with Gasteiger partial charge in [0.1, 0.15) is 23.8 Å². The molecule has 10 heteroatoms. The molecular weight excluding hydrogens is 597 g/mol. The van der Waals surface area contributed by atoms with Gasteiger partial charge in [-0.1, -0.05) is 52.1 Å². The molecule has 1 saturated heterocycles. The minimum absolute atomic E-state index is 0.254. The first kappa shape index (κ1) is 27.2. The van der Waals surface area contributed by atoms with E-state index in [0.717, 1.165) is 59.4 Å². The van der Waals surface area contributed by atoms with Gasteiger partial charge in [-0.25, -0.2) is 4.79 Å². The Balaban J connectivity index is 1.06. The maximum atomic E-state index is 11.6. The molecule has 0 spiro atoms. The number of fused-ring (bicyclic) bond motifs is 1. The Kier molecular flexibility index (Phi) is 6.84. The average Bonchev–Trinajstić information content (AvgIpc) is 3.61. The number of nitrogens with zero attached hydrogens (tertiary/aromatic N) is 3. The van der Waals surface area contributed by atoms with Crippen LogP contribution < -0.4 is 9.64 Å². The molecule has 1 aliphatic heterocycles. The molecule has 0 atom stereocenters. The van der Waals surface area contributed by atoms with Crippen molar-refractivity contribution in [1.29, 1.82) is 0 Å². The normalized spacial score (nSPS) is 15.3. The molecule has 1 saturated carbocycles. The van der Waals surface area contributed by atoms with Crippen molar-refractivity contribution in [2.75, 3.05) is 18.0 Å². The Morgan fingerprint density at radius 1 is 1.02 bits per heavy atom. The number of aryl methyl sites for hydroxylation is 1. The number of anilines is 1. The van der Waals surface area contributed by atoms with Crippen LogP contribution in [-0.4, -0.2) is 33.9 Å². The molecule has 0 amide bonds. The Bertz CT molecular complexity index is 1830. The van der Waals surface area contributed by atoms with Crippen LogP contribution >= 0.6 is 34.8 Å². The van der Waals surface area contributed by atoms with Gasteiger partial charge in [-0.15, -0.1) is 0 Å². The summed E-state index contributed by atoms with van der Waals surface area (Å²) in [5, 5.41) is 16.2. The van der Waals surface area contributed by atoms with Crippen molar-refractivity contribution in [3.05, 3.63) is 98.3 Å². The van der Waals surface area contributed by atoms with Gasteiger partial charge in [-0.05, 0) is 60.9 Å². The summed E-state index contributed by atoms with van der Waals surface area (Å²) in [6, 6.07) is 17.1. The van der Waals surface area contributed by atoms with Crippen LogP contribution in [0.2, 0.25) is 15.1 Å². The number of carboxylic acids is 1. The lowest BCUT2D eigenvalue weighted by Crippen LogP contribution is -2.45. The van der Waals surface area contributed by atoms with Gasteiger partial charge in [0, 0.05) is 59.8 Å². The molecule has 1 aliphatic carbocycles. The molecule has 0 radical (unpaired) electrons. The van der Waals surface area contributed by atoms with E-state index in [4.69, 9.17) is 44.1 Å². The second-order valence-corrected chi connectivity index (χ2v) is 12.2. The van der Waals surface area contributed by atoms with Gasteiger partial charge >= 0.3 is 5.97 Å². The van der Waals surface area contributed by atoms with Crippen molar-refractivity contribution in [3.63, 3.8) is 0 Å². The number of carbonyl (C=O) groups is 1. The highest BCUT2D eigenvalue weighted by molar-refractivity contribution is 6.39. The first-order valence-electron chi connectivity index (χ1n) is 13.7. The lowest BCUT2D eigenvalue weighted by atomic mass is 9.90. The Morgan fingerprint density at radius 2 is 1.79 bits per heavy atom. The highest BCUT2D eigenvalue weighted by Gasteiger charge is 2.34. The molecule has 5 aromatic rings. The Morgan fingerprint density at radius 3 is 2.48 bits per heavy atom. The number of benzene rings is 3. The fourth-order valence-corrected chi connectivity index (χ4v) is 6.66. The number of aromatic nitrogens is 2. The minimum Gasteiger partial charge on any atom is -0.489 e. The fraction of sp³-hybridized carbons (Fsp3) is 0.250. The van der Waals surface area contributed by atoms with Gasteiger partial charge < -0.3 is 23.8 Å². The zero-order valence-electron chi connectivity index (χ0n) is 22.6. The largest absolute Gasteiger partial charge is 0.489 e. The highest BCUT2D eigenvalue weighted by atomic mass is 35.5. The summed E-state index contributed by atoms with van der Waals surface area (Å²) in [6.07, 6.45) is 3.76. The molecule has 2 aromatic heterocycles. The maximum Gasteiger partial charge on any atom is 0.337 e. The van der Waals surface area contributed by atoms with Crippen LogP contribution in [0, 0.1) is 0 Å². The highest BCUT2D eigenvalue weighted by Crippen LogP contribution is 2.46. The molecule has 0 bridgehead atoms. The van der Waals surface area contributed by atoms with Crippen molar-refractivity contribution in [2.24, 2.45) is 7.05 Å². The first-order valence-corrected chi connectivity index (χ1v) is 14.8. The van der Waals surface area contributed by atoms with Crippen LogP contribution in [0.15, 0.2) is 65.3 Å². The second kappa shape index (κ2) is 10.6. The molecule has 7 nitrogen and oxygen atoms in total. The zero-order chi connectivity index (χ0) is 29.1. The molecule has 1 N–H and O–H groups in total. The monoisotopic (exact) mass is 621 g/mol. The van der Waals surface area contributed by atoms with Gasteiger partial charge in [0.05, 0.1) is 26.7 Å². The number of rotatable bonds is 8. The summed E-state index contributed by atoms with van der Waals surface area (Å²) in [7, 11) is 1.86. The van der Waals surface area contributed by atoms with Gasteiger partial charge in [0.2, 0.25) is 0 Å². The smallest absolute Gasteiger partial charge is 0.337 e. The number of carboxylic acid groups (broad SMARTS) is 1. The van der Waals surface area contributed by atoms with E-state index in [-0.39, 0.29) is 12.5 Å². The van der Waals surface area contributed by atoms with Crippen LogP contribution in [0.4, 0.5) is 5.69 Å². The first-order chi connectivity index (χ1) is 20.3. The number of aromatic carboxylic acids is 1. The predicted octanol–water partition coefficient (Wildman–Crippen LogP) is 8.55. The van der Waals surface area contributed by atoms with Gasteiger partial charge in [-0.3, -0.25) is 0 Å². The van der Waals surface area contributed by atoms with E-state index in [1.165, 1.54) is 0 Å². The number of ether oxygens (including phenoxy) is 1. The predicted molar refractivity (Wildman–Crippen MR) is 165 cm³/mol. The number of hydrogen-bond acceptors (Lipinski definition) is 5. The Labute approximate surface area is 257 Å². The third-order valence-electron chi connectivity index (χ3n) is 8.21. The third-order valence-corrected chi connectivity index (χ3v) is 9.17. The molecule has 214 valence electrons. The van der Waals surface area contributed by atoms with Crippen molar-refractivity contribution in [2.45, 2.75) is 31.3 Å². The topological polar surface area (TPSA) is 80.7 Å². The van der Waals surface area contributed by atoms with Gasteiger partial charge in [0.15, 0.2) is 0 Å². The third kappa shape index (κ3) is 4.79. The fourth-order valence-electron chi connectivity index (χ4n) is 5.76. The summed E-state index contributed by atoms with van der Waals surface area (Å²) < 4.78 is 13.8. The lowest BCUT2D eigenvalue weighted by Gasteiger charge is -2.41. The van der Waals surface area contributed by atoms with Crippen molar-refractivity contribution >= 4 is 57.4 Å². The second-order valence-electron chi connectivity index (χ2n) is 11.0. The lowest BCUT2D eigenvalue weighted by molar-refractivity contribution is 0.0699. The Hall–Kier alpha value is -3.65. The van der Waals surface area contributed by atoms with Crippen LogP contribution in [0.1, 0.15) is 51.9 Å². The molecule has 2 fully saturated rings. The summed E-state index contributed by atoms with van der Waals surface area (Å²) in [4.78, 5) is 13.8.